The van der Waals surface area contributed by atoms with Gasteiger partial charge in [0.2, 0.25) is 0 Å². The van der Waals surface area contributed by atoms with Gasteiger partial charge in [0, 0.05) is 5.69 Å². The second kappa shape index (κ2) is 4.01. The molecule has 0 heterocycles. The van der Waals surface area contributed by atoms with Crippen molar-refractivity contribution in [2.24, 2.45) is 5.92 Å². The predicted molar refractivity (Wildman–Crippen MR) is 57.9 cm³/mol. The normalized spacial score (nSPS) is 18.1. The van der Waals surface area contributed by atoms with E-state index in [-0.39, 0.29) is 6.10 Å². The van der Waals surface area contributed by atoms with E-state index in [1.54, 1.807) is 0 Å². The molecule has 1 aliphatic carbocycles. The van der Waals surface area contributed by atoms with Gasteiger partial charge in [0.25, 0.3) is 0 Å². The summed E-state index contributed by atoms with van der Waals surface area (Å²) in [7, 11) is 0. The molecule has 76 valence electrons. The first-order valence-electron chi connectivity index (χ1n) is 5.23. The van der Waals surface area contributed by atoms with Crippen LogP contribution < -0.4 is 5.73 Å². The fraction of sp³-hybridized carbons (Fsp3) is 0.500. The first kappa shape index (κ1) is 9.53. The molecule has 0 bridgehead atoms. The van der Waals surface area contributed by atoms with Crippen LogP contribution in [0.25, 0.3) is 0 Å². The van der Waals surface area contributed by atoms with E-state index in [0.717, 1.165) is 18.2 Å². The van der Waals surface area contributed by atoms with Gasteiger partial charge in [-0.2, -0.15) is 0 Å². The van der Waals surface area contributed by atoms with Gasteiger partial charge in [-0.15, -0.1) is 0 Å². The lowest BCUT2D eigenvalue weighted by Crippen LogP contribution is -2.02. The summed E-state index contributed by atoms with van der Waals surface area (Å²) >= 11 is 0. The maximum Gasteiger partial charge on any atom is 0.0796 e. The average Bonchev–Trinajstić information content (AvgIpc) is 2.99. The first-order valence-corrected chi connectivity index (χ1v) is 5.23. The summed E-state index contributed by atoms with van der Waals surface area (Å²) in [6.07, 6.45) is 2.87. The highest BCUT2D eigenvalue weighted by Crippen LogP contribution is 2.31. The van der Waals surface area contributed by atoms with Crippen LogP contribution in [0.2, 0.25) is 0 Å². The van der Waals surface area contributed by atoms with Crippen LogP contribution in [-0.4, -0.2) is 6.61 Å². The van der Waals surface area contributed by atoms with Gasteiger partial charge in [-0.25, -0.2) is 0 Å². The number of ether oxygens (including phenoxy) is 1. The van der Waals surface area contributed by atoms with Crippen molar-refractivity contribution in [2.75, 3.05) is 12.3 Å². The summed E-state index contributed by atoms with van der Waals surface area (Å²) in [4.78, 5) is 0. The molecular formula is C12H17NO. The average molecular weight is 191 g/mol. The number of anilines is 1. The molecule has 2 heteroatoms. The zero-order chi connectivity index (χ0) is 9.97. The number of nitrogen functional groups attached to an aromatic ring is 1. The Labute approximate surface area is 85.1 Å². The number of hydrogen-bond acceptors (Lipinski definition) is 2. The molecule has 1 unspecified atom stereocenters. The van der Waals surface area contributed by atoms with Crippen LogP contribution in [0.1, 0.15) is 31.4 Å². The third-order valence-electron chi connectivity index (χ3n) is 2.68. The maximum atomic E-state index is 5.75. The van der Waals surface area contributed by atoms with Gasteiger partial charge in [-0.05, 0) is 43.4 Å². The number of benzene rings is 1. The van der Waals surface area contributed by atoms with Crippen LogP contribution in [0.3, 0.4) is 0 Å². The lowest BCUT2D eigenvalue weighted by atomic mass is 10.1. The van der Waals surface area contributed by atoms with Gasteiger partial charge in [0.1, 0.15) is 0 Å². The molecule has 0 radical (unpaired) electrons. The first-order chi connectivity index (χ1) is 6.75. The van der Waals surface area contributed by atoms with E-state index < -0.39 is 0 Å². The van der Waals surface area contributed by atoms with Crippen molar-refractivity contribution in [1.29, 1.82) is 0 Å². The second-order valence-electron chi connectivity index (χ2n) is 4.09. The maximum absolute atomic E-state index is 5.75. The Balaban J connectivity index is 1.88. The molecule has 0 amide bonds. The molecule has 0 aromatic heterocycles. The molecule has 2 N–H and O–H groups in total. The highest BCUT2D eigenvalue weighted by molar-refractivity contribution is 5.39. The molecule has 0 aliphatic heterocycles. The van der Waals surface area contributed by atoms with Crippen molar-refractivity contribution in [3.05, 3.63) is 29.8 Å². The van der Waals surface area contributed by atoms with Crippen LogP contribution >= 0.6 is 0 Å². The van der Waals surface area contributed by atoms with Gasteiger partial charge < -0.3 is 10.5 Å². The Bertz CT molecular complexity index is 290. The van der Waals surface area contributed by atoms with Gasteiger partial charge in [0.15, 0.2) is 0 Å². The summed E-state index contributed by atoms with van der Waals surface area (Å²) in [5, 5.41) is 0. The van der Waals surface area contributed by atoms with E-state index in [1.165, 1.54) is 18.4 Å². The largest absolute Gasteiger partial charge is 0.399 e. The summed E-state index contributed by atoms with van der Waals surface area (Å²) < 4.78 is 5.75. The van der Waals surface area contributed by atoms with E-state index >= 15 is 0 Å². The molecule has 2 nitrogen and oxygen atoms in total. The molecule has 14 heavy (non-hydrogen) atoms. The predicted octanol–water partition coefficient (Wildman–Crippen LogP) is 2.76. The van der Waals surface area contributed by atoms with E-state index in [2.05, 4.69) is 6.92 Å². The Kier molecular flexibility index (Phi) is 2.73. The van der Waals surface area contributed by atoms with Crippen LogP contribution in [-0.2, 0) is 4.74 Å². The van der Waals surface area contributed by atoms with E-state index in [0.29, 0.717) is 0 Å². The van der Waals surface area contributed by atoms with Crippen molar-refractivity contribution in [1.82, 2.24) is 0 Å². The standard InChI is InChI=1S/C12H17NO/c1-9(14-8-10-2-3-10)11-4-6-12(13)7-5-11/h4-7,9-10H,2-3,8,13H2,1H3. The third kappa shape index (κ3) is 2.48. The Morgan fingerprint density at radius 3 is 2.57 bits per heavy atom. The van der Waals surface area contributed by atoms with Crippen LogP contribution in [0.15, 0.2) is 24.3 Å². The van der Waals surface area contributed by atoms with Crippen molar-refractivity contribution in [3.63, 3.8) is 0 Å². The molecule has 1 aromatic carbocycles. The number of rotatable bonds is 4. The van der Waals surface area contributed by atoms with Crippen molar-refractivity contribution >= 4 is 5.69 Å². The molecule has 2 rings (SSSR count). The fourth-order valence-electron chi connectivity index (χ4n) is 1.43. The number of nitrogens with two attached hydrogens (primary N) is 1. The molecule has 1 aromatic rings. The minimum atomic E-state index is 0.191. The summed E-state index contributed by atoms with van der Waals surface area (Å²) in [5.74, 6) is 0.825. The van der Waals surface area contributed by atoms with E-state index in [9.17, 15) is 0 Å². The quantitative estimate of drug-likeness (QED) is 0.743. The van der Waals surface area contributed by atoms with Crippen molar-refractivity contribution in [2.45, 2.75) is 25.9 Å². The Morgan fingerprint density at radius 1 is 1.36 bits per heavy atom. The van der Waals surface area contributed by atoms with Crippen molar-refractivity contribution < 1.29 is 4.74 Å². The molecule has 1 saturated carbocycles. The van der Waals surface area contributed by atoms with Gasteiger partial charge in [0.05, 0.1) is 12.7 Å². The summed E-state index contributed by atoms with van der Waals surface area (Å²) in [5.41, 5.74) is 7.63. The molecule has 1 atom stereocenters. The second-order valence-corrected chi connectivity index (χ2v) is 4.09. The minimum Gasteiger partial charge on any atom is -0.399 e. The lowest BCUT2D eigenvalue weighted by molar-refractivity contribution is 0.0579. The van der Waals surface area contributed by atoms with E-state index in [1.807, 2.05) is 24.3 Å². The molecule has 1 aliphatic rings. The smallest absolute Gasteiger partial charge is 0.0796 e. The lowest BCUT2D eigenvalue weighted by Gasteiger charge is -2.13. The highest BCUT2D eigenvalue weighted by Gasteiger charge is 2.22. The van der Waals surface area contributed by atoms with Crippen LogP contribution in [0.4, 0.5) is 5.69 Å². The Hall–Kier alpha value is -1.02. The van der Waals surface area contributed by atoms with Crippen LogP contribution in [0, 0.1) is 5.92 Å². The zero-order valence-electron chi connectivity index (χ0n) is 8.57. The van der Waals surface area contributed by atoms with E-state index in [4.69, 9.17) is 10.5 Å². The minimum absolute atomic E-state index is 0.191. The summed E-state index contributed by atoms with van der Waals surface area (Å²) in [6, 6.07) is 7.92. The van der Waals surface area contributed by atoms with Crippen LogP contribution in [0.5, 0.6) is 0 Å². The zero-order valence-corrected chi connectivity index (χ0v) is 8.57. The molecular weight excluding hydrogens is 174 g/mol. The third-order valence-corrected chi connectivity index (χ3v) is 2.68. The SMILES string of the molecule is CC(OCC1CC1)c1ccc(N)cc1. The van der Waals surface area contributed by atoms with Crippen molar-refractivity contribution in [3.8, 4) is 0 Å². The van der Waals surface area contributed by atoms with Gasteiger partial charge >= 0.3 is 0 Å². The molecule has 1 fully saturated rings. The number of hydrogen-bond donors (Lipinski definition) is 1. The molecule has 0 spiro atoms. The topological polar surface area (TPSA) is 35.2 Å². The molecule has 0 saturated heterocycles. The fourth-order valence-corrected chi connectivity index (χ4v) is 1.43. The highest BCUT2D eigenvalue weighted by atomic mass is 16.5. The van der Waals surface area contributed by atoms with Gasteiger partial charge in [-0.3, -0.25) is 0 Å². The summed E-state index contributed by atoms with van der Waals surface area (Å²) in [6.45, 7) is 3.00. The Morgan fingerprint density at radius 2 is 2.00 bits per heavy atom. The van der Waals surface area contributed by atoms with Gasteiger partial charge in [-0.1, -0.05) is 12.1 Å². The monoisotopic (exact) mass is 191 g/mol.